The predicted molar refractivity (Wildman–Crippen MR) is 109 cm³/mol. The lowest BCUT2D eigenvalue weighted by atomic mass is 9.71. The van der Waals surface area contributed by atoms with E-state index in [1.807, 2.05) is 0 Å². The summed E-state index contributed by atoms with van der Waals surface area (Å²) in [6.45, 7) is 20.2. The van der Waals surface area contributed by atoms with Crippen molar-refractivity contribution in [3.8, 4) is 0 Å². The molecule has 3 aliphatic rings. The first-order valence-electron chi connectivity index (χ1n) is 9.32. The first-order valence-corrected chi connectivity index (χ1v) is 9.32. The third-order valence-electron chi connectivity index (χ3n) is 5.05. The molecule has 0 fully saturated rings. The SMILES string of the molecule is CC(C)(C)C1=CC2=CC(C(C)(C)C)=CC3=NC(C(C)(C)C)=NC(=C1)C23. The molecule has 134 valence electrons. The van der Waals surface area contributed by atoms with Crippen molar-refractivity contribution in [2.75, 3.05) is 0 Å². The number of aliphatic imine (C=N–C) groups is 2. The van der Waals surface area contributed by atoms with E-state index in [0.29, 0.717) is 0 Å². The molecule has 1 atom stereocenters. The molecule has 25 heavy (non-hydrogen) atoms. The zero-order chi connectivity index (χ0) is 18.8. The number of hydrogen-bond acceptors (Lipinski definition) is 2. The van der Waals surface area contributed by atoms with Crippen molar-refractivity contribution in [3.05, 3.63) is 46.7 Å². The predicted octanol–water partition coefficient (Wildman–Crippen LogP) is 6.28. The number of rotatable bonds is 0. The summed E-state index contributed by atoms with van der Waals surface area (Å²) >= 11 is 0. The van der Waals surface area contributed by atoms with Crippen LogP contribution in [0.2, 0.25) is 0 Å². The Morgan fingerprint density at radius 3 is 1.72 bits per heavy atom. The van der Waals surface area contributed by atoms with Crippen LogP contribution in [0.3, 0.4) is 0 Å². The maximum Gasteiger partial charge on any atom is 0.134 e. The third-order valence-corrected chi connectivity index (χ3v) is 5.05. The van der Waals surface area contributed by atoms with Crippen LogP contribution in [-0.4, -0.2) is 11.5 Å². The van der Waals surface area contributed by atoms with Gasteiger partial charge in [0.2, 0.25) is 0 Å². The van der Waals surface area contributed by atoms with E-state index in [1.54, 1.807) is 0 Å². The van der Waals surface area contributed by atoms with Crippen molar-refractivity contribution < 1.29 is 0 Å². The van der Waals surface area contributed by atoms with Crippen LogP contribution in [0, 0.1) is 22.2 Å². The molecular formula is C23H32N2. The number of nitrogens with zero attached hydrogens (tertiary/aromatic N) is 2. The lowest BCUT2D eigenvalue weighted by molar-refractivity contribution is 0.508. The highest BCUT2D eigenvalue weighted by Gasteiger charge is 2.37. The summed E-state index contributed by atoms with van der Waals surface area (Å²) in [4.78, 5) is 9.98. The second kappa shape index (κ2) is 5.40. The number of hydrogen-bond donors (Lipinski definition) is 0. The van der Waals surface area contributed by atoms with Gasteiger partial charge in [0.1, 0.15) is 5.84 Å². The summed E-state index contributed by atoms with van der Waals surface area (Å²) in [6, 6.07) is 0. The van der Waals surface area contributed by atoms with Gasteiger partial charge in [0.15, 0.2) is 0 Å². The standard InChI is InChI=1S/C23H32N2/c1-21(2,3)15-10-14-11-16(22(4,5)6)13-18-19(14)17(12-15)24-20(25-18)23(7,8)9/h10-13,19H,1-9H3. The summed E-state index contributed by atoms with van der Waals surface area (Å²) in [5.74, 6) is 1.13. The molecule has 0 amide bonds. The third kappa shape index (κ3) is 3.36. The molecule has 0 aromatic rings. The molecule has 0 N–H and O–H groups in total. The van der Waals surface area contributed by atoms with E-state index in [9.17, 15) is 0 Å². The summed E-state index contributed by atoms with van der Waals surface area (Å²) in [5.41, 5.74) is 6.49. The molecule has 0 radical (unpaired) electrons. The highest BCUT2D eigenvalue weighted by Crippen LogP contribution is 2.44. The molecule has 2 nitrogen and oxygen atoms in total. The molecular weight excluding hydrogens is 304 g/mol. The Labute approximate surface area is 153 Å². The van der Waals surface area contributed by atoms with Gasteiger partial charge in [0, 0.05) is 5.41 Å². The van der Waals surface area contributed by atoms with Crippen LogP contribution in [0.1, 0.15) is 62.3 Å². The molecule has 0 bridgehead atoms. The first kappa shape index (κ1) is 18.1. The van der Waals surface area contributed by atoms with Gasteiger partial charge in [0.05, 0.1) is 17.3 Å². The van der Waals surface area contributed by atoms with E-state index in [4.69, 9.17) is 9.98 Å². The molecule has 0 spiro atoms. The van der Waals surface area contributed by atoms with E-state index in [2.05, 4.69) is 86.6 Å². The van der Waals surface area contributed by atoms with E-state index in [0.717, 1.165) is 17.2 Å². The molecule has 2 aliphatic carbocycles. The molecule has 0 saturated heterocycles. The van der Waals surface area contributed by atoms with Crippen molar-refractivity contribution in [1.82, 2.24) is 0 Å². The van der Waals surface area contributed by atoms with Crippen LogP contribution in [0.15, 0.2) is 56.7 Å². The molecule has 2 heteroatoms. The largest absolute Gasteiger partial charge is 0.236 e. The molecule has 0 saturated carbocycles. The molecule has 3 rings (SSSR count). The zero-order valence-electron chi connectivity index (χ0n) is 17.3. The van der Waals surface area contributed by atoms with Gasteiger partial charge in [-0.2, -0.15) is 0 Å². The minimum Gasteiger partial charge on any atom is -0.236 e. The van der Waals surface area contributed by atoms with Gasteiger partial charge in [-0.3, -0.25) is 0 Å². The van der Waals surface area contributed by atoms with Gasteiger partial charge in [0.25, 0.3) is 0 Å². The van der Waals surface area contributed by atoms with Gasteiger partial charge >= 0.3 is 0 Å². The summed E-state index contributed by atoms with van der Waals surface area (Å²) in [6.07, 6.45) is 9.30. The number of allylic oxidation sites excluding steroid dienone is 7. The Bertz CT molecular complexity index is 679. The molecule has 0 aromatic carbocycles. The van der Waals surface area contributed by atoms with E-state index >= 15 is 0 Å². The van der Waals surface area contributed by atoms with Crippen molar-refractivity contribution in [2.24, 2.45) is 32.1 Å². The van der Waals surface area contributed by atoms with Crippen LogP contribution in [0.5, 0.6) is 0 Å². The fraction of sp³-hybridized carbons (Fsp3) is 0.565. The molecule has 1 aliphatic heterocycles. The van der Waals surface area contributed by atoms with E-state index in [1.165, 1.54) is 16.7 Å². The highest BCUT2D eigenvalue weighted by molar-refractivity contribution is 6.13. The monoisotopic (exact) mass is 336 g/mol. The van der Waals surface area contributed by atoms with Crippen molar-refractivity contribution in [1.29, 1.82) is 0 Å². The smallest absolute Gasteiger partial charge is 0.134 e. The van der Waals surface area contributed by atoms with Gasteiger partial charge in [-0.1, -0.05) is 74.5 Å². The Morgan fingerprint density at radius 2 is 1.20 bits per heavy atom. The summed E-state index contributed by atoms with van der Waals surface area (Å²) < 4.78 is 0. The van der Waals surface area contributed by atoms with Crippen LogP contribution >= 0.6 is 0 Å². The second-order valence-electron chi connectivity index (χ2n) is 10.6. The fourth-order valence-corrected chi connectivity index (χ4v) is 3.29. The van der Waals surface area contributed by atoms with Gasteiger partial charge < -0.3 is 0 Å². The quantitative estimate of drug-likeness (QED) is 0.497. The van der Waals surface area contributed by atoms with Crippen LogP contribution in [0.4, 0.5) is 0 Å². The fourth-order valence-electron chi connectivity index (χ4n) is 3.29. The van der Waals surface area contributed by atoms with Crippen LogP contribution < -0.4 is 0 Å². The van der Waals surface area contributed by atoms with E-state index in [-0.39, 0.29) is 22.2 Å². The summed E-state index contributed by atoms with van der Waals surface area (Å²) in [7, 11) is 0. The average molecular weight is 337 g/mol. The topological polar surface area (TPSA) is 24.7 Å². The van der Waals surface area contributed by atoms with Crippen molar-refractivity contribution in [3.63, 3.8) is 0 Å². The maximum absolute atomic E-state index is 4.99. The van der Waals surface area contributed by atoms with Crippen molar-refractivity contribution in [2.45, 2.75) is 62.3 Å². The Hall–Kier alpha value is -1.70. The van der Waals surface area contributed by atoms with Crippen LogP contribution in [-0.2, 0) is 0 Å². The number of amidine groups is 1. The summed E-state index contributed by atoms with van der Waals surface area (Å²) in [5, 5.41) is 0. The lowest BCUT2D eigenvalue weighted by Gasteiger charge is -2.37. The van der Waals surface area contributed by atoms with E-state index < -0.39 is 0 Å². The molecule has 1 heterocycles. The first-order chi connectivity index (χ1) is 11.3. The Kier molecular flexibility index (Phi) is 3.91. The Balaban J connectivity index is 2.24. The zero-order valence-corrected chi connectivity index (χ0v) is 17.3. The maximum atomic E-state index is 4.99. The Morgan fingerprint density at radius 1 is 0.640 bits per heavy atom. The second-order valence-corrected chi connectivity index (χ2v) is 10.6. The van der Waals surface area contributed by atoms with Crippen LogP contribution in [0.25, 0.3) is 0 Å². The minimum absolute atomic E-state index is 0.0566. The lowest BCUT2D eigenvalue weighted by Crippen LogP contribution is -2.33. The minimum atomic E-state index is -0.0566. The van der Waals surface area contributed by atoms with Gasteiger partial charge in [-0.15, -0.1) is 0 Å². The van der Waals surface area contributed by atoms with Crippen molar-refractivity contribution >= 4 is 11.5 Å². The highest BCUT2D eigenvalue weighted by atomic mass is 15.0. The van der Waals surface area contributed by atoms with Gasteiger partial charge in [-0.25, -0.2) is 9.98 Å². The van der Waals surface area contributed by atoms with Gasteiger partial charge in [-0.05, 0) is 39.7 Å². The molecule has 0 aromatic heterocycles. The average Bonchev–Trinajstić information content (AvgIpc) is 2.43. The normalized spacial score (nSPS) is 23.6. The molecule has 1 unspecified atom stereocenters.